The fourth-order valence-corrected chi connectivity index (χ4v) is 3.47. The SMILES string of the molecule is COc1ccc(C(=O)O[C@@H](C)C(=O)N(C)C2CCCCC2)c(OC)c1OC. The molecule has 0 unspecified atom stereocenters. The lowest BCUT2D eigenvalue weighted by atomic mass is 9.94. The number of likely N-dealkylation sites (N-methyl/N-ethyl adjacent to an activating group) is 1. The molecule has 1 fully saturated rings. The van der Waals surface area contributed by atoms with Gasteiger partial charge in [-0.3, -0.25) is 4.79 Å². The summed E-state index contributed by atoms with van der Waals surface area (Å²) in [5.74, 6) is 0.0994. The van der Waals surface area contributed by atoms with Crippen molar-refractivity contribution in [1.29, 1.82) is 0 Å². The van der Waals surface area contributed by atoms with Crippen LogP contribution in [0.15, 0.2) is 12.1 Å². The van der Waals surface area contributed by atoms with Crippen molar-refractivity contribution in [2.75, 3.05) is 28.4 Å². The van der Waals surface area contributed by atoms with Crippen LogP contribution in [0.5, 0.6) is 17.2 Å². The second-order valence-electron chi connectivity index (χ2n) is 6.67. The van der Waals surface area contributed by atoms with Gasteiger partial charge >= 0.3 is 5.97 Å². The number of nitrogens with zero attached hydrogens (tertiary/aromatic N) is 1. The van der Waals surface area contributed by atoms with Crippen molar-refractivity contribution in [2.24, 2.45) is 0 Å². The molecule has 27 heavy (non-hydrogen) atoms. The van der Waals surface area contributed by atoms with Gasteiger partial charge in [-0.2, -0.15) is 0 Å². The Morgan fingerprint density at radius 3 is 2.19 bits per heavy atom. The average Bonchev–Trinajstić information content (AvgIpc) is 2.71. The Kier molecular flexibility index (Phi) is 7.33. The van der Waals surface area contributed by atoms with Crippen molar-refractivity contribution in [2.45, 2.75) is 51.2 Å². The van der Waals surface area contributed by atoms with Gasteiger partial charge in [-0.1, -0.05) is 19.3 Å². The third kappa shape index (κ3) is 4.64. The molecule has 1 amide bonds. The molecule has 2 rings (SSSR count). The summed E-state index contributed by atoms with van der Waals surface area (Å²) in [7, 11) is 6.16. The van der Waals surface area contributed by atoms with E-state index in [2.05, 4.69) is 0 Å². The molecule has 0 saturated heterocycles. The number of hydrogen-bond acceptors (Lipinski definition) is 6. The Labute approximate surface area is 160 Å². The van der Waals surface area contributed by atoms with Gasteiger partial charge < -0.3 is 23.8 Å². The topological polar surface area (TPSA) is 74.3 Å². The molecule has 0 aromatic heterocycles. The summed E-state index contributed by atoms with van der Waals surface area (Å²) >= 11 is 0. The van der Waals surface area contributed by atoms with E-state index < -0.39 is 12.1 Å². The molecule has 0 bridgehead atoms. The van der Waals surface area contributed by atoms with E-state index >= 15 is 0 Å². The Morgan fingerprint density at radius 1 is 1.00 bits per heavy atom. The van der Waals surface area contributed by atoms with Gasteiger partial charge in [0.25, 0.3) is 5.91 Å². The van der Waals surface area contributed by atoms with Crippen LogP contribution in [0.2, 0.25) is 0 Å². The normalized spacial score (nSPS) is 15.6. The molecule has 7 heteroatoms. The second kappa shape index (κ2) is 9.48. The molecular weight excluding hydrogens is 350 g/mol. The lowest BCUT2D eigenvalue weighted by Crippen LogP contribution is -2.44. The molecule has 150 valence electrons. The Hall–Kier alpha value is -2.44. The third-order valence-corrected chi connectivity index (χ3v) is 5.03. The molecule has 1 atom stereocenters. The van der Waals surface area contributed by atoms with Gasteiger partial charge in [-0.15, -0.1) is 0 Å². The molecule has 0 spiro atoms. The monoisotopic (exact) mass is 379 g/mol. The summed E-state index contributed by atoms with van der Waals surface area (Å²) in [6.07, 6.45) is 4.56. The smallest absolute Gasteiger partial charge is 0.342 e. The highest BCUT2D eigenvalue weighted by atomic mass is 16.6. The van der Waals surface area contributed by atoms with Crippen LogP contribution < -0.4 is 14.2 Å². The van der Waals surface area contributed by atoms with Crippen molar-refractivity contribution in [3.8, 4) is 17.2 Å². The van der Waals surface area contributed by atoms with E-state index in [9.17, 15) is 9.59 Å². The maximum Gasteiger partial charge on any atom is 0.342 e. The van der Waals surface area contributed by atoms with E-state index in [0.717, 1.165) is 25.7 Å². The minimum atomic E-state index is -0.887. The summed E-state index contributed by atoms with van der Waals surface area (Å²) in [5.41, 5.74) is 0.176. The lowest BCUT2D eigenvalue weighted by molar-refractivity contribution is -0.141. The van der Waals surface area contributed by atoms with E-state index in [4.69, 9.17) is 18.9 Å². The lowest BCUT2D eigenvalue weighted by Gasteiger charge is -2.32. The van der Waals surface area contributed by atoms with E-state index in [1.54, 1.807) is 24.9 Å². The summed E-state index contributed by atoms with van der Waals surface area (Å²) < 4.78 is 21.2. The van der Waals surface area contributed by atoms with Crippen molar-refractivity contribution >= 4 is 11.9 Å². The summed E-state index contributed by atoms with van der Waals surface area (Å²) in [6.45, 7) is 1.59. The van der Waals surface area contributed by atoms with Crippen molar-refractivity contribution in [1.82, 2.24) is 4.90 Å². The number of ether oxygens (including phenoxy) is 4. The Balaban J connectivity index is 2.12. The summed E-state index contributed by atoms with van der Waals surface area (Å²) in [4.78, 5) is 27.0. The molecule has 0 radical (unpaired) electrons. The first kappa shape index (κ1) is 20.9. The molecular formula is C20H29NO6. The quantitative estimate of drug-likeness (QED) is 0.678. The number of carbonyl (C=O) groups is 2. The fraction of sp³-hybridized carbons (Fsp3) is 0.600. The Morgan fingerprint density at radius 2 is 1.63 bits per heavy atom. The van der Waals surface area contributed by atoms with Gasteiger partial charge in [0.2, 0.25) is 5.75 Å². The van der Waals surface area contributed by atoms with Crippen LogP contribution in [-0.2, 0) is 9.53 Å². The molecule has 7 nitrogen and oxygen atoms in total. The molecule has 0 aliphatic heterocycles. The van der Waals surface area contributed by atoms with E-state index in [1.165, 1.54) is 33.8 Å². The zero-order chi connectivity index (χ0) is 20.0. The number of esters is 1. The molecule has 1 saturated carbocycles. The molecule has 1 aliphatic rings. The standard InChI is InChI=1S/C20H29NO6/c1-13(19(22)21(2)14-9-7-6-8-10-14)27-20(23)15-11-12-16(24-3)18(26-5)17(15)25-4/h11-14H,6-10H2,1-5H3/t13-/m0/s1. The van der Waals surface area contributed by atoms with Crippen LogP contribution in [0.4, 0.5) is 0 Å². The number of benzene rings is 1. The van der Waals surface area contributed by atoms with Crippen LogP contribution in [0.25, 0.3) is 0 Å². The summed E-state index contributed by atoms with van der Waals surface area (Å²) in [5, 5.41) is 0. The molecule has 1 aliphatic carbocycles. The first-order valence-corrected chi connectivity index (χ1v) is 9.21. The largest absolute Gasteiger partial charge is 0.493 e. The first-order valence-electron chi connectivity index (χ1n) is 9.21. The van der Waals surface area contributed by atoms with Gasteiger partial charge in [0.05, 0.1) is 21.3 Å². The highest BCUT2D eigenvalue weighted by molar-refractivity contribution is 5.96. The minimum absolute atomic E-state index is 0.176. The minimum Gasteiger partial charge on any atom is -0.493 e. The first-order chi connectivity index (χ1) is 12.9. The average molecular weight is 379 g/mol. The number of rotatable bonds is 7. The van der Waals surface area contributed by atoms with E-state index in [1.807, 2.05) is 0 Å². The van der Waals surface area contributed by atoms with Crippen molar-refractivity contribution in [3.63, 3.8) is 0 Å². The Bertz CT molecular complexity index is 669. The number of methoxy groups -OCH3 is 3. The molecule has 1 aromatic rings. The highest BCUT2D eigenvalue weighted by Crippen LogP contribution is 2.40. The fourth-order valence-electron chi connectivity index (χ4n) is 3.47. The molecule has 0 heterocycles. The summed E-state index contributed by atoms with van der Waals surface area (Å²) in [6, 6.07) is 3.34. The number of amides is 1. The van der Waals surface area contributed by atoms with Gasteiger partial charge in [0.1, 0.15) is 5.56 Å². The zero-order valence-corrected chi connectivity index (χ0v) is 16.7. The van der Waals surface area contributed by atoms with Crippen molar-refractivity contribution in [3.05, 3.63) is 17.7 Å². The van der Waals surface area contributed by atoms with Crippen LogP contribution in [0.1, 0.15) is 49.4 Å². The van der Waals surface area contributed by atoms with E-state index in [-0.39, 0.29) is 23.3 Å². The molecule has 0 N–H and O–H groups in total. The van der Waals surface area contributed by atoms with Gasteiger partial charge in [-0.25, -0.2) is 4.79 Å². The number of hydrogen-bond donors (Lipinski definition) is 0. The van der Waals surface area contributed by atoms with Gasteiger partial charge in [-0.05, 0) is 31.9 Å². The van der Waals surface area contributed by atoms with Gasteiger partial charge in [0.15, 0.2) is 17.6 Å². The maximum absolute atomic E-state index is 12.7. The van der Waals surface area contributed by atoms with Gasteiger partial charge in [0, 0.05) is 13.1 Å². The van der Waals surface area contributed by atoms with Crippen LogP contribution in [0, 0.1) is 0 Å². The van der Waals surface area contributed by atoms with Crippen molar-refractivity contribution < 1.29 is 28.5 Å². The zero-order valence-electron chi connectivity index (χ0n) is 16.7. The second-order valence-corrected chi connectivity index (χ2v) is 6.67. The maximum atomic E-state index is 12.7. The predicted octanol–water partition coefficient (Wildman–Crippen LogP) is 3.05. The van der Waals surface area contributed by atoms with E-state index in [0.29, 0.717) is 11.5 Å². The van der Waals surface area contributed by atoms with Crippen LogP contribution >= 0.6 is 0 Å². The highest BCUT2D eigenvalue weighted by Gasteiger charge is 2.29. The van der Waals surface area contributed by atoms with Crippen LogP contribution in [0.3, 0.4) is 0 Å². The molecule has 1 aromatic carbocycles. The number of carbonyl (C=O) groups excluding carboxylic acids is 2. The predicted molar refractivity (Wildman–Crippen MR) is 101 cm³/mol. The van der Waals surface area contributed by atoms with Crippen LogP contribution in [-0.4, -0.2) is 57.3 Å². The third-order valence-electron chi connectivity index (χ3n) is 5.03.